The summed E-state index contributed by atoms with van der Waals surface area (Å²) in [5.41, 5.74) is 1.21. The van der Waals surface area contributed by atoms with Crippen LogP contribution < -0.4 is 19.5 Å². The van der Waals surface area contributed by atoms with Crippen molar-refractivity contribution in [2.24, 2.45) is 0 Å². The minimum absolute atomic E-state index is 0.105. The lowest BCUT2D eigenvalue weighted by atomic mass is 10.1. The number of benzene rings is 2. The summed E-state index contributed by atoms with van der Waals surface area (Å²) in [6, 6.07) is 9.57. The average molecular weight is 374 g/mol. The van der Waals surface area contributed by atoms with Crippen LogP contribution in [0.15, 0.2) is 36.4 Å². The molecule has 0 unspecified atom stereocenters. The van der Waals surface area contributed by atoms with Crippen molar-refractivity contribution in [1.82, 2.24) is 0 Å². The Labute approximate surface area is 157 Å². The number of nitrogens with zero attached hydrogens (tertiary/aromatic N) is 1. The van der Waals surface area contributed by atoms with Crippen LogP contribution in [-0.2, 0) is 11.2 Å². The number of nitrogens with one attached hydrogen (secondary N) is 1. The van der Waals surface area contributed by atoms with Gasteiger partial charge in [-0.2, -0.15) is 0 Å². The third-order valence-corrected chi connectivity index (χ3v) is 3.84. The Morgan fingerprint density at radius 3 is 2.44 bits per heavy atom. The van der Waals surface area contributed by atoms with Gasteiger partial charge in [-0.15, -0.1) is 0 Å². The normalized spacial score (nSPS) is 10.2. The summed E-state index contributed by atoms with van der Waals surface area (Å²) >= 11 is 0. The van der Waals surface area contributed by atoms with Gasteiger partial charge in [-0.1, -0.05) is 6.07 Å². The summed E-state index contributed by atoms with van der Waals surface area (Å²) in [6.45, 7) is 2.43. The van der Waals surface area contributed by atoms with E-state index in [0.29, 0.717) is 30.2 Å². The Morgan fingerprint density at radius 2 is 1.81 bits per heavy atom. The number of aryl methyl sites for hydroxylation is 1. The molecule has 8 heteroatoms. The van der Waals surface area contributed by atoms with E-state index in [2.05, 4.69) is 5.32 Å². The average Bonchev–Trinajstić information content (AvgIpc) is 2.67. The van der Waals surface area contributed by atoms with Gasteiger partial charge in [-0.25, -0.2) is 0 Å². The number of carbonyl (C=O) groups excluding carboxylic acids is 1. The number of nitro groups is 1. The summed E-state index contributed by atoms with van der Waals surface area (Å²) in [5.74, 6) is 1.28. The number of amides is 1. The van der Waals surface area contributed by atoms with Crippen LogP contribution in [0.4, 0.5) is 11.4 Å². The van der Waals surface area contributed by atoms with Crippen molar-refractivity contribution >= 4 is 17.3 Å². The van der Waals surface area contributed by atoms with Gasteiger partial charge in [0.2, 0.25) is 5.91 Å². The van der Waals surface area contributed by atoms with Crippen LogP contribution in [0.2, 0.25) is 0 Å². The number of non-ortho nitro benzene ring substituents is 1. The van der Waals surface area contributed by atoms with Gasteiger partial charge in [0.05, 0.1) is 37.5 Å². The van der Waals surface area contributed by atoms with Crippen LogP contribution in [0.1, 0.15) is 18.9 Å². The Bertz CT molecular complexity index is 822. The Morgan fingerprint density at radius 1 is 1.07 bits per heavy atom. The fraction of sp³-hybridized carbons (Fsp3) is 0.316. The standard InChI is InChI=1S/C19H22N2O6/c1-4-27-16-9-5-13(11-18(16)26-3)6-10-19(22)20-15-8-7-14(21(23)24)12-17(15)25-2/h5,7-9,11-12H,4,6,10H2,1-3H3,(H,20,22). The summed E-state index contributed by atoms with van der Waals surface area (Å²) in [6.07, 6.45) is 0.737. The first-order chi connectivity index (χ1) is 13.0. The van der Waals surface area contributed by atoms with Crippen LogP contribution in [0.5, 0.6) is 17.2 Å². The fourth-order valence-electron chi connectivity index (χ4n) is 2.51. The maximum absolute atomic E-state index is 12.2. The molecule has 0 bridgehead atoms. The van der Waals surface area contributed by atoms with Gasteiger partial charge in [0.1, 0.15) is 5.75 Å². The van der Waals surface area contributed by atoms with Crippen molar-refractivity contribution in [3.8, 4) is 17.2 Å². The second kappa shape index (κ2) is 9.42. The van der Waals surface area contributed by atoms with Gasteiger partial charge < -0.3 is 19.5 Å². The largest absolute Gasteiger partial charge is 0.494 e. The highest BCUT2D eigenvalue weighted by atomic mass is 16.6. The first-order valence-corrected chi connectivity index (χ1v) is 8.40. The highest BCUT2D eigenvalue weighted by Gasteiger charge is 2.14. The Hall–Kier alpha value is -3.29. The smallest absolute Gasteiger partial charge is 0.273 e. The minimum Gasteiger partial charge on any atom is -0.494 e. The van der Waals surface area contributed by atoms with Gasteiger partial charge in [-0.05, 0) is 37.1 Å². The second-order valence-electron chi connectivity index (χ2n) is 5.61. The van der Waals surface area contributed by atoms with E-state index in [1.807, 2.05) is 25.1 Å². The van der Waals surface area contributed by atoms with E-state index in [4.69, 9.17) is 14.2 Å². The number of nitro benzene ring substituents is 1. The van der Waals surface area contributed by atoms with Gasteiger partial charge in [0, 0.05) is 12.5 Å². The van der Waals surface area contributed by atoms with Crippen molar-refractivity contribution in [1.29, 1.82) is 0 Å². The van der Waals surface area contributed by atoms with E-state index in [0.717, 1.165) is 5.56 Å². The lowest BCUT2D eigenvalue weighted by molar-refractivity contribution is -0.384. The summed E-state index contributed by atoms with van der Waals surface area (Å²) in [5, 5.41) is 13.5. The van der Waals surface area contributed by atoms with Crippen molar-refractivity contribution in [3.63, 3.8) is 0 Å². The highest BCUT2D eigenvalue weighted by molar-refractivity contribution is 5.92. The van der Waals surface area contributed by atoms with Crippen molar-refractivity contribution in [2.75, 3.05) is 26.1 Å². The Balaban J connectivity index is 2.01. The van der Waals surface area contributed by atoms with Crippen LogP contribution in [0.25, 0.3) is 0 Å². The number of hydrogen-bond acceptors (Lipinski definition) is 6. The molecule has 8 nitrogen and oxygen atoms in total. The molecule has 2 aromatic rings. The van der Waals surface area contributed by atoms with Crippen LogP contribution >= 0.6 is 0 Å². The second-order valence-corrected chi connectivity index (χ2v) is 5.61. The molecule has 27 heavy (non-hydrogen) atoms. The van der Waals surface area contributed by atoms with E-state index in [1.54, 1.807) is 7.11 Å². The van der Waals surface area contributed by atoms with Crippen molar-refractivity contribution in [3.05, 3.63) is 52.1 Å². The molecule has 2 aromatic carbocycles. The number of rotatable bonds is 9. The number of carbonyl (C=O) groups is 1. The van der Waals surface area contributed by atoms with Crippen LogP contribution in [0, 0.1) is 10.1 Å². The third kappa shape index (κ3) is 5.34. The van der Waals surface area contributed by atoms with Gasteiger partial charge >= 0.3 is 0 Å². The molecule has 2 rings (SSSR count). The molecule has 0 aliphatic rings. The van der Waals surface area contributed by atoms with E-state index < -0.39 is 4.92 Å². The molecule has 0 heterocycles. The molecule has 1 amide bonds. The zero-order valence-corrected chi connectivity index (χ0v) is 15.5. The summed E-state index contributed by atoms with van der Waals surface area (Å²) in [4.78, 5) is 22.5. The maximum atomic E-state index is 12.2. The molecule has 0 saturated carbocycles. The molecule has 0 aliphatic carbocycles. The van der Waals surface area contributed by atoms with Crippen molar-refractivity contribution in [2.45, 2.75) is 19.8 Å². The molecular formula is C19H22N2O6. The molecule has 0 radical (unpaired) electrons. The van der Waals surface area contributed by atoms with Gasteiger partial charge in [-0.3, -0.25) is 14.9 Å². The minimum atomic E-state index is -0.520. The first-order valence-electron chi connectivity index (χ1n) is 8.40. The molecule has 144 valence electrons. The fourth-order valence-corrected chi connectivity index (χ4v) is 2.51. The monoisotopic (exact) mass is 374 g/mol. The highest BCUT2D eigenvalue weighted by Crippen LogP contribution is 2.30. The van der Waals surface area contributed by atoms with Crippen molar-refractivity contribution < 1.29 is 23.9 Å². The van der Waals surface area contributed by atoms with Crippen LogP contribution in [0.3, 0.4) is 0 Å². The molecule has 0 atom stereocenters. The number of methoxy groups -OCH3 is 2. The number of ether oxygens (including phenoxy) is 3. The molecule has 0 fully saturated rings. The summed E-state index contributed by atoms with van der Waals surface area (Å²) < 4.78 is 15.9. The third-order valence-electron chi connectivity index (χ3n) is 3.84. The molecule has 0 spiro atoms. The van der Waals surface area contributed by atoms with E-state index in [9.17, 15) is 14.9 Å². The molecule has 0 aromatic heterocycles. The molecule has 0 saturated heterocycles. The number of anilines is 1. The Kier molecular flexibility index (Phi) is 6.99. The zero-order valence-electron chi connectivity index (χ0n) is 15.5. The van der Waals surface area contributed by atoms with E-state index in [-0.39, 0.29) is 23.8 Å². The maximum Gasteiger partial charge on any atom is 0.273 e. The van der Waals surface area contributed by atoms with Gasteiger partial charge in [0.15, 0.2) is 11.5 Å². The topological polar surface area (TPSA) is 99.9 Å². The lowest BCUT2D eigenvalue weighted by Crippen LogP contribution is -2.13. The SMILES string of the molecule is CCOc1ccc(CCC(=O)Nc2ccc([N+](=O)[O-])cc2OC)cc1OC. The van der Waals surface area contributed by atoms with E-state index in [1.165, 1.54) is 25.3 Å². The molecular weight excluding hydrogens is 352 g/mol. The predicted molar refractivity (Wildman–Crippen MR) is 101 cm³/mol. The first kappa shape index (κ1) is 20.0. The van der Waals surface area contributed by atoms with Gasteiger partial charge in [0.25, 0.3) is 5.69 Å². The zero-order chi connectivity index (χ0) is 19.8. The number of hydrogen-bond donors (Lipinski definition) is 1. The summed E-state index contributed by atoms with van der Waals surface area (Å²) in [7, 11) is 2.95. The lowest BCUT2D eigenvalue weighted by Gasteiger charge is -2.12. The molecule has 1 N–H and O–H groups in total. The van der Waals surface area contributed by atoms with Crippen LogP contribution in [-0.4, -0.2) is 31.7 Å². The molecule has 0 aliphatic heterocycles. The quantitative estimate of drug-likeness (QED) is 0.532. The van der Waals surface area contributed by atoms with E-state index >= 15 is 0 Å². The predicted octanol–water partition coefficient (Wildman–Crippen LogP) is 3.58.